The van der Waals surface area contributed by atoms with E-state index in [2.05, 4.69) is 17.2 Å². The van der Waals surface area contributed by atoms with Crippen LogP contribution in [0.2, 0.25) is 0 Å². The first-order valence-electron chi connectivity index (χ1n) is 9.04. The number of carbonyl (C=O) groups is 1. The van der Waals surface area contributed by atoms with Crippen LogP contribution in [0.5, 0.6) is 0 Å². The van der Waals surface area contributed by atoms with Crippen LogP contribution >= 0.6 is 0 Å². The molecule has 5 heteroatoms. The average molecular weight is 308 g/mol. The lowest BCUT2D eigenvalue weighted by Gasteiger charge is -2.14. The molecule has 0 spiro atoms. The molecule has 1 atom stereocenters. The summed E-state index contributed by atoms with van der Waals surface area (Å²) >= 11 is 0. The van der Waals surface area contributed by atoms with E-state index in [-0.39, 0.29) is 0 Å². The lowest BCUT2D eigenvalue weighted by atomic mass is 10.1. The Hall–Kier alpha value is -1.26. The van der Waals surface area contributed by atoms with Gasteiger partial charge in [-0.1, -0.05) is 39.0 Å². The molecule has 0 aromatic rings. The Morgan fingerprint density at radius 1 is 1.27 bits per heavy atom. The fourth-order valence-electron chi connectivity index (χ4n) is 3.08. The van der Waals surface area contributed by atoms with E-state index in [1.54, 1.807) is 0 Å². The fourth-order valence-corrected chi connectivity index (χ4v) is 3.08. The summed E-state index contributed by atoms with van der Waals surface area (Å²) in [5.41, 5.74) is 5.90. The van der Waals surface area contributed by atoms with Gasteiger partial charge < -0.3 is 16.0 Å². The van der Waals surface area contributed by atoms with Crippen LogP contribution in [0.3, 0.4) is 0 Å². The highest BCUT2D eigenvalue weighted by molar-refractivity contribution is 5.80. The van der Waals surface area contributed by atoms with Crippen LogP contribution in [0, 0.1) is 5.92 Å². The minimum absolute atomic E-state index is 0.307. The van der Waals surface area contributed by atoms with Crippen molar-refractivity contribution >= 4 is 11.9 Å². The topological polar surface area (TPSA) is 70.7 Å². The number of aliphatic imine (C=N–C) groups is 1. The smallest absolute Gasteiger partial charge is 0.223 e. The van der Waals surface area contributed by atoms with Crippen LogP contribution in [-0.2, 0) is 4.79 Å². The molecule has 1 unspecified atom stereocenters. The standard InChI is InChI=1S/C17H32N4O/c1-2-3-4-5-6-7-10-19-17(18)20-12-14-11-16(22)21(13-14)15-8-9-15/h14-15H,2-13H2,1H3,(H3,18,19,20). The van der Waals surface area contributed by atoms with E-state index in [9.17, 15) is 4.79 Å². The van der Waals surface area contributed by atoms with E-state index in [1.807, 2.05) is 4.90 Å². The number of hydrogen-bond donors (Lipinski definition) is 2. The van der Waals surface area contributed by atoms with Crippen molar-refractivity contribution in [3.8, 4) is 0 Å². The van der Waals surface area contributed by atoms with E-state index >= 15 is 0 Å². The number of carbonyl (C=O) groups excluding carboxylic acids is 1. The van der Waals surface area contributed by atoms with E-state index < -0.39 is 0 Å². The molecule has 3 N–H and O–H groups in total. The van der Waals surface area contributed by atoms with Gasteiger partial charge in [-0.2, -0.15) is 0 Å². The van der Waals surface area contributed by atoms with Gasteiger partial charge in [-0.25, -0.2) is 0 Å². The van der Waals surface area contributed by atoms with Gasteiger partial charge >= 0.3 is 0 Å². The van der Waals surface area contributed by atoms with Crippen molar-refractivity contribution in [2.75, 3.05) is 19.6 Å². The Kier molecular flexibility index (Phi) is 7.00. The lowest BCUT2D eigenvalue weighted by Crippen LogP contribution is -2.33. The molecular weight excluding hydrogens is 276 g/mol. The summed E-state index contributed by atoms with van der Waals surface area (Å²) in [6.07, 6.45) is 10.7. The number of hydrogen-bond acceptors (Lipinski definition) is 2. The summed E-state index contributed by atoms with van der Waals surface area (Å²) in [6.45, 7) is 4.68. The van der Waals surface area contributed by atoms with Gasteiger partial charge in [0, 0.05) is 38.0 Å². The van der Waals surface area contributed by atoms with Crippen LogP contribution in [0.25, 0.3) is 0 Å². The SMILES string of the molecule is CCCCCCCCNC(N)=NCC1CC(=O)N(C2CC2)C1. The third-order valence-electron chi connectivity index (χ3n) is 4.58. The van der Waals surface area contributed by atoms with Crippen LogP contribution in [0.1, 0.15) is 64.7 Å². The van der Waals surface area contributed by atoms with Crippen molar-refractivity contribution in [2.24, 2.45) is 16.6 Å². The summed E-state index contributed by atoms with van der Waals surface area (Å²) in [6, 6.07) is 0.532. The number of nitrogens with zero attached hydrogens (tertiary/aromatic N) is 2. The van der Waals surface area contributed by atoms with Gasteiger partial charge in [0.05, 0.1) is 0 Å². The normalized spacial score (nSPS) is 22.4. The Bertz CT molecular complexity index is 379. The fraction of sp³-hybridized carbons (Fsp3) is 0.882. The maximum absolute atomic E-state index is 11.9. The van der Waals surface area contributed by atoms with Crippen molar-refractivity contribution in [3.05, 3.63) is 0 Å². The highest BCUT2D eigenvalue weighted by Gasteiger charge is 2.38. The van der Waals surface area contributed by atoms with Gasteiger partial charge in [0.25, 0.3) is 0 Å². The number of unbranched alkanes of at least 4 members (excludes halogenated alkanes) is 5. The number of guanidine groups is 1. The molecular formula is C17H32N4O. The molecule has 126 valence electrons. The van der Waals surface area contributed by atoms with Gasteiger partial charge in [0.15, 0.2) is 5.96 Å². The second-order valence-electron chi connectivity index (χ2n) is 6.77. The molecule has 0 radical (unpaired) electrons. The Labute approximate surface area is 134 Å². The second-order valence-corrected chi connectivity index (χ2v) is 6.77. The number of amides is 1. The van der Waals surface area contributed by atoms with Crippen molar-refractivity contribution in [1.29, 1.82) is 0 Å². The summed E-state index contributed by atoms with van der Waals surface area (Å²) in [5.74, 6) is 1.19. The van der Waals surface area contributed by atoms with Gasteiger partial charge in [-0.15, -0.1) is 0 Å². The Morgan fingerprint density at radius 2 is 2.00 bits per heavy atom. The summed E-state index contributed by atoms with van der Waals surface area (Å²) in [5, 5.41) is 3.18. The van der Waals surface area contributed by atoms with Crippen LogP contribution in [-0.4, -0.2) is 42.4 Å². The molecule has 1 saturated heterocycles. The predicted octanol–water partition coefficient (Wildman–Crippen LogP) is 2.26. The molecule has 0 bridgehead atoms. The van der Waals surface area contributed by atoms with Crippen molar-refractivity contribution in [3.63, 3.8) is 0 Å². The van der Waals surface area contributed by atoms with Crippen LogP contribution in [0.4, 0.5) is 0 Å². The van der Waals surface area contributed by atoms with Gasteiger partial charge in [0.1, 0.15) is 0 Å². The quantitative estimate of drug-likeness (QED) is 0.369. The van der Waals surface area contributed by atoms with Gasteiger partial charge in [-0.05, 0) is 19.3 Å². The molecule has 1 saturated carbocycles. The minimum atomic E-state index is 0.307. The predicted molar refractivity (Wildman–Crippen MR) is 90.7 cm³/mol. The molecule has 2 aliphatic rings. The molecule has 2 fully saturated rings. The highest BCUT2D eigenvalue weighted by Crippen LogP contribution is 2.32. The molecule has 22 heavy (non-hydrogen) atoms. The number of nitrogens with two attached hydrogens (primary N) is 1. The molecule has 2 rings (SSSR count). The largest absolute Gasteiger partial charge is 0.370 e. The maximum atomic E-state index is 11.9. The van der Waals surface area contributed by atoms with E-state index in [0.717, 1.165) is 19.5 Å². The Balaban J connectivity index is 1.53. The zero-order valence-corrected chi connectivity index (χ0v) is 14.0. The number of likely N-dealkylation sites (tertiary alicyclic amines) is 1. The molecule has 5 nitrogen and oxygen atoms in total. The third-order valence-corrected chi connectivity index (χ3v) is 4.58. The summed E-state index contributed by atoms with van der Waals surface area (Å²) in [7, 11) is 0. The van der Waals surface area contributed by atoms with E-state index in [0.29, 0.717) is 36.8 Å². The number of nitrogens with one attached hydrogen (secondary N) is 1. The summed E-state index contributed by atoms with van der Waals surface area (Å²) in [4.78, 5) is 18.3. The lowest BCUT2D eigenvalue weighted by molar-refractivity contribution is -0.128. The minimum Gasteiger partial charge on any atom is -0.370 e. The number of rotatable bonds is 10. The zero-order chi connectivity index (χ0) is 15.8. The first-order valence-corrected chi connectivity index (χ1v) is 9.04. The first-order chi connectivity index (χ1) is 10.7. The van der Waals surface area contributed by atoms with Crippen molar-refractivity contribution in [2.45, 2.75) is 70.8 Å². The second kappa shape index (κ2) is 9.01. The van der Waals surface area contributed by atoms with Gasteiger partial charge in [0.2, 0.25) is 5.91 Å². The molecule has 1 aliphatic heterocycles. The average Bonchev–Trinajstić information content (AvgIpc) is 3.27. The van der Waals surface area contributed by atoms with E-state index in [1.165, 1.54) is 44.9 Å². The van der Waals surface area contributed by atoms with Gasteiger partial charge in [-0.3, -0.25) is 9.79 Å². The monoisotopic (exact) mass is 308 g/mol. The zero-order valence-electron chi connectivity index (χ0n) is 14.0. The molecule has 0 aromatic heterocycles. The molecule has 1 aliphatic carbocycles. The van der Waals surface area contributed by atoms with Crippen LogP contribution in [0.15, 0.2) is 4.99 Å². The third kappa shape index (κ3) is 5.85. The van der Waals surface area contributed by atoms with E-state index in [4.69, 9.17) is 5.73 Å². The maximum Gasteiger partial charge on any atom is 0.223 e. The highest BCUT2D eigenvalue weighted by atomic mass is 16.2. The van der Waals surface area contributed by atoms with Crippen molar-refractivity contribution < 1.29 is 4.79 Å². The molecule has 1 amide bonds. The van der Waals surface area contributed by atoms with Crippen molar-refractivity contribution in [1.82, 2.24) is 10.2 Å². The Morgan fingerprint density at radius 3 is 2.73 bits per heavy atom. The first kappa shape index (κ1) is 17.1. The summed E-state index contributed by atoms with van der Waals surface area (Å²) < 4.78 is 0. The molecule has 0 aromatic carbocycles. The molecule has 1 heterocycles. The van der Waals surface area contributed by atoms with Crippen LogP contribution < -0.4 is 11.1 Å².